The molecule has 0 heterocycles. The van der Waals surface area contributed by atoms with Crippen LogP contribution in [0.25, 0.3) is 0 Å². The molecular formula is C16H30N2O2. The maximum absolute atomic E-state index is 12.5. The minimum Gasteiger partial charge on any atom is -0.369 e. The smallest absolute Gasteiger partial charge is 0.224 e. The van der Waals surface area contributed by atoms with E-state index in [1.165, 1.54) is 12.8 Å². The number of hydrogen-bond acceptors (Lipinski definition) is 2. The van der Waals surface area contributed by atoms with Crippen LogP contribution in [0.1, 0.15) is 60.3 Å². The summed E-state index contributed by atoms with van der Waals surface area (Å²) in [6.45, 7) is 9.82. The number of nitrogens with one attached hydrogen (secondary N) is 1. The van der Waals surface area contributed by atoms with Gasteiger partial charge in [-0.3, -0.25) is 9.59 Å². The van der Waals surface area contributed by atoms with Crippen molar-refractivity contribution in [3.05, 3.63) is 0 Å². The van der Waals surface area contributed by atoms with Crippen molar-refractivity contribution in [3.63, 3.8) is 0 Å². The van der Waals surface area contributed by atoms with Gasteiger partial charge in [0.25, 0.3) is 0 Å². The van der Waals surface area contributed by atoms with Crippen LogP contribution in [-0.2, 0) is 9.59 Å². The van der Waals surface area contributed by atoms with E-state index in [0.717, 1.165) is 18.8 Å². The first-order chi connectivity index (χ1) is 9.11. The first-order valence-corrected chi connectivity index (χ1v) is 7.73. The van der Waals surface area contributed by atoms with Crippen LogP contribution in [0.4, 0.5) is 0 Å². The highest BCUT2D eigenvalue weighted by Crippen LogP contribution is 2.37. The monoisotopic (exact) mass is 282 g/mol. The number of amides is 2. The summed E-state index contributed by atoms with van der Waals surface area (Å²) in [5.74, 6) is -0.215. The second kappa shape index (κ2) is 6.59. The summed E-state index contributed by atoms with van der Waals surface area (Å²) >= 11 is 0. The third-order valence-electron chi connectivity index (χ3n) is 3.90. The highest BCUT2D eigenvalue weighted by atomic mass is 16.2. The van der Waals surface area contributed by atoms with E-state index in [9.17, 15) is 9.59 Å². The summed E-state index contributed by atoms with van der Waals surface area (Å²) in [6.07, 6.45) is 4.26. The third-order valence-corrected chi connectivity index (χ3v) is 3.90. The number of hydrogen-bond donors (Lipinski definition) is 2. The second-order valence-corrected chi connectivity index (χ2v) is 7.54. The fourth-order valence-electron chi connectivity index (χ4n) is 2.72. The predicted octanol–water partition coefficient (Wildman–Crippen LogP) is 2.46. The van der Waals surface area contributed by atoms with Gasteiger partial charge in [0.15, 0.2) is 0 Å². The van der Waals surface area contributed by atoms with Gasteiger partial charge in [0.1, 0.15) is 0 Å². The quantitative estimate of drug-likeness (QED) is 0.753. The Balaban J connectivity index is 2.77. The van der Waals surface area contributed by atoms with Crippen LogP contribution in [0.5, 0.6) is 0 Å². The van der Waals surface area contributed by atoms with Crippen LogP contribution in [0.3, 0.4) is 0 Å². The van der Waals surface area contributed by atoms with Crippen LogP contribution in [0.2, 0.25) is 0 Å². The Morgan fingerprint density at radius 1 is 1.25 bits per heavy atom. The molecule has 20 heavy (non-hydrogen) atoms. The molecule has 0 aromatic heterocycles. The van der Waals surface area contributed by atoms with Crippen molar-refractivity contribution >= 4 is 11.8 Å². The van der Waals surface area contributed by atoms with E-state index in [0.29, 0.717) is 0 Å². The van der Waals surface area contributed by atoms with Gasteiger partial charge >= 0.3 is 0 Å². The van der Waals surface area contributed by atoms with E-state index in [-0.39, 0.29) is 35.1 Å². The average molecular weight is 282 g/mol. The molecule has 1 rings (SSSR count). The number of primary amides is 1. The van der Waals surface area contributed by atoms with E-state index < -0.39 is 0 Å². The number of carbonyl (C=O) groups excluding carboxylic acids is 2. The fraction of sp³-hybridized carbons (Fsp3) is 0.875. The summed E-state index contributed by atoms with van der Waals surface area (Å²) < 4.78 is 0. The van der Waals surface area contributed by atoms with Gasteiger partial charge in [-0.25, -0.2) is 0 Å². The van der Waals surface area contributed by atoms with E-state index >= 15 is 0 Å². The van der Waals surface area contributed by atoms with Crippen LogP contribution >= 0.6 is 0 Å². The summed E-state index contributed by atoms with van der Waals surface area (Å²) in [4.78, 5) is 24.3. The van der Waals surface area contributed by atoms with Crippen LogP contribution in [0, 0.1) is 23.7 Å². The van der Waals surface area contributed by atoms with Crippen LogP contribution in [-0.4, -0.2) is 17.4 Å². The molecule has 1 fully saturated rings. The molecule has 3 N–H and O–H groups in total. The maximum atomic E-state index is 12.5. The molecule has 4 nitrogen and oxygen atoms in total. The lowest BCUT2D eigenvalue weighted by molar-refractivity contribution is -0.136. The van der Waals surface area contributed by atoms with E-state index in [1.807, 2.05) is 34.6 Å². The molecule has 0 aromatic carbocycles. The SMILES string of the molecule is CC(C)C(C(=O)NC(C)(C)C)C(CCC1CC1)C(N)=O. The highest BCUT2D eigenvalue weighted by Gasteiger charge is 2.37. The average Bonchev–Trinajstić information content (AvgIpc) is 3.03. The molecular weight excluding hydrogens is 252 g/mol. The van der Waals surface area contributed by atoms with Gasteiger partial charge < -0.3 is 11.1 Å². The van der Waals surface area contributed by atoms with Crippen molar-refractivity contribution in [1.82, 2.24) is 5.32 Å². The number of nitrogens with two attached hydrogens (primary N) is 1. The second-order valence-electron chi connectivity index (χ2n) is 7.54. The first-order valence-electron chi connectivity index (χ1n) is 7.73. The van der Waals surface area contributed by atoms with Crippen molar-refractivity contribution in [2.75, 3.05) is 0 Å². The van der Waals surface area contributed by atoms with Gasteiger partial charge in [0, 0.05) is 11.5 Å². The van der Waals surface area contributed by atoms with E-state index in [1.54, 1.807) is 0 Å². The summed E-state index contributed by atoms with van der Waals surface area (Å²) in [6, 6.07) is 0. The van der Waals surface area contributed by atoms with Gasteiger partial charge in [-0.1, -0.05) is 26.7 Å². The van der Waals surface area contributed by atoms with E-state index in [2.05, 4.69) is 5.32 Å². The normalized spacial score (nSPS) is 18.7. The van der Waals surface area contributed by atoms with Crippen LogP contribution in [0.15, 0.2) is 0 Å². The molecule has 1 aliphatic rings. The van der Waals surface area contributed by atoms with Crippen molar-refractivity contribution < 1.29 is 9.59 Å². The number of carbonyl (C=O) groups is 2. The Bertz CT molecular complexity index is 354. The van der Waals surface area contributed by atoms with Gasteiger partial charge in [0.05, 0.1) is 5.92 Å². The topological polar surface area (TPSA) is 72.2 Å². The zero-order valence-corrected chi connectivity index (χ0v) is 13.5. The van der Waals surface area contributed by atoms with Crippen molar-refractivity contribution in [2.45, 2.75) is 65.8 Å². The third kappa shape index (κ3) is 5.51. The highest BCUT2D eigenvalue weighted by molar-refractivity contribution is 5.87. The van der Waals surface area contributed by atoms with Gasteiger partial charge in [0.2, 0.25) is 11.8 Å². The molecule has 0 radical (unpaired) electrons. The van der Waals surface area contributed by atoms with Gasteiger partial charge in [-0.2, -0.15) is 0 Å². The minimum atomic E-state index is -0.349. The zero-order chi connectivity index (χ0) is 15.5. The molecule has 4 heteroatoms. The predicted molar refractivity (Wildman–Crippen MR) is 80.9 cm³/mol. The summed E-state index contributed by atoms with van der Waals surface area (Å²) in [7, 11) is 0. The molecule has 0 aliphatic heterocycles. The lowest BCUT2D eigenvalue weighted by Crippen LogP contribution is -2.49. The Kier molecular flexibility index (Phi) is 5.60. The minimum absolute atomic E-state index is 0.0490. The molecule has 116 valence electrons. The molecule has 0 bridgehead atoms. The molecule has 0 aromatic rings. The lowest BCUT2D eigenvalue weighted by Gasteiger charge is -2.31. The maximum Gasteiger partial charge on any atom is 0.224 e. The first kappa shape index (κ1) is 17.0. The molecule has 2 unspecified atom stereocenters. The van der Waals surface area contributed by atoms with Crippen LogP contribution < -0.4 is 11.1 Å². The van der Waals surface area contributed by atoms with E-state index in [4.69, 9.17) is 5.73 Å². The Labute approximate surface area is 122 Å². The lowest BCUT2D eigenvalue weighted by atomic mass is 9.79. The fourth-order valence-corrected chi connectivity index (χ4v) is 2.72. The zero-order valence-electron chi connectivity index (χ0n) is 13.5. The Morgan fingerprint density at radius 2 is 1.80 bits per heavy atom. The standard InChI is InChI=1S/C16H30N2O2/c1-10(2)13(15(20)18-16(3,4)5)12(14(17)19)9-8-11-6-7-11/h10-13H,6-9H2,1-5H3,(H2,17,19)(H,18,20). The molecule has 1 saturated carbocycles. The number of rotatable bonds is 7. The van der Waals surface area contributed by atoms with Gasteiger partial charge in [-0.05, 0) is 45.4 Å². The van der Waals surface area contributed by atoms with Gasteiger partial charge in [-0.15, -0.1) is 0 Å². The van der Waals surface area contributed by atoms with Crippen molar-refractivity contribution in [2.24, 2.45) is 29.4 Å². The molecule has 0 saturated heterocycles. The van der Waals surface area contributed by atoms with Crippen molar-refractivity contribution in [3.8, 4) is 0 Å². The summed E-state index contributed by atoms with van der Waals surface area (Å²) in [5, 5.41) is 2.99. The van der Waals surface area contributed by atoms with Crippen molar-refractivity contribution in [1.29, 1.82) is 0 Å². The summed E-state index contributed by atoms with van der Waals surface area (Å²) in [5.41, 5.74) is 5.28. The Hall–Kier alpha value is -1.06. The molecule has 0 spiro atoms. The molecule has 2 atom stereocenters. The molecule has 2 amide bonds. The molecule has 1 aliphatic carbocycles. The Morgan fingerprint density at radius 3 is 2.15 bits per heavy atom. The largest absolute Gasteiger partial charge is 0.369 e.